The maximum Gasteiger partial charge on any atom is 0.115 e. The van der Waals surface area contributed by atoms with E-state index in [4.69, 9.17) is 15.6 Å². The summed E-state index contributed by atoms with van der Waals surface area (Å²) in [7, 11) is 0. The zero-order valence-electron chi connectivity index (χ0n) is 6.36. The van der Waals surface area contributed by atoms with Crippen molar-refractivity contribution in [3.05, 3.63) is 24.0 Å². The first kappa shape index (κ1) is 8.30. The number of nitrogens with two attached hydrogens (primary N) is 1. The highest BCUT2D eigenvalue weighted by molar-refractivity contribution is 5.19. The van der Waals surface area contributed by atoms with Crippen LogP contribution < -0.4 is 5.73 Å². The predicted octanol–water partition coefficient (Wildman–Crippen LogP) is 0.166. The second-order valence-corrected chi connectivity index (χ2v) is 2.44. The van der Waals surface area contributed by atoms with Crippen LogP contribution in [0.2, 0.25) is 0 Å². The highest BCUT2D eigenvalue weighted by Crippen LogP contribution is 2.09. The topological polar surface area (TPSA) is 55.5 Å². The van der Waals surface area contributed by atoms with Gasteiger partial charge in [0.15, 0.2) is 0 Å². The highest BCUT2D eigenvalue weighted by Gasteiger charge is 2.03. The minimum atomic E-state index is 0.0528. The Bertz CT molecular complexity index is 175. The maximum atomic E-state index is 8.45. The van der Waals surface area contributed by atoms with E-state index in [1.165, 1.54) is 0 Å². The van der Waals surface area contributed by atoms with Gasteiger partial charge in [-0.1, -0.05) is 6.08 Å². The molecule has 11 heavy (non-hydrogen) atoms. The van der Waals surface area contributed by atoms with Crippen LogP contribution in [0, 0.1) is 0 Å². The van der Waals surface area contributed by atoms with Gasteiger partial charge < -0.3 is 15.6 Å². The third-order valence-electron chi connectivity index (χ3n) is 1.46. The summed E-state index contributed by atoms with van der Waals surface area (Å²) in [5, 5.41) is 8.45. The number of allylic oxidation sites excluding steroid dienone is 1. The molecule has 1 aliphatic carbocycles. The van der Waals surface area contributed by atoms with E-state index in [0.29, 0.717) is 6.61 Å². The zero-order valence-corrected chi connectivity index (χ0v) is 6.36. The molecule has 0 fully saturated rings. The molecule has 0 amide bonds. The summed E-state index contributed by atoms with van der Waals surface area (Å²) < 4.78 is 5.15. The molecule has 0 aliphatic heterocycles. The van der Waals surface area contributed by atoms with Gasteiger partial charge in [0.05, 0.1) is 6.61 Å². The summed E-state index contributed by atoms with van der Waals surface area (Å²) in [5.74, 6) is 0.806. The Morgan fingerprint density at radius 2 is 2.55 bits per heavy atom. The lowest BCUT2D eigenvalue weighted by Gasteiger charge is -2.11. The number of rotatable bonds is 3. The Morgan fingerprint density at radius 3 is 3.09 bits per heavy atom. The summed E-state index contributed by atoms with van der Waals surface area (Å²) in [6.07, 6.45) is 6.48. The average molecular weight is 155 g/mol. The van der Waals surface area contributed by atoms with Gasteiger partial charge in [-0.25, -0.2) is 0 Å². The summed E-state index contributed by atoms with van der Waals surface area (Å²) in [4.78, 5) is 0. The lowest BCUT2D eigenvalue weighted by Crippen LogP contribution is -2.18. The molecule has 0 saturated heterocycles. The van der Waals surface area contributed by atoms with Gasteiger partial charge in [0.1, 0.15) is 12.4 Å². The number of aliphatic hydroxyl groups excluding tert-OH is 1. The molecule has 1 atom stereocenters. The lowest BCUT2D eigenvalue weighted by molar-refractivity contribution is 0.151. The first-order valence-electron chi connectivity index (χ1n) is 3.70. The second kappa shape index (κ2) is 4.16. The molecule has 3 heteroatoms. The summed E-state index contributed by atoms with van der Waals surface area (Å²) >= 11 is 0. The zero-order chi connectivity index (χ0) is 8.10. The van der Waals surface area contributed by atoms with Gasteiger partial charge in [-0.2, -0.15) is 0 Å². The summed E-state index contributed by atoms with van der Waals surface area (Å²) in [6.45, 7) is 0.405. The molecule has 0 heterocycles. The molecule has 1 unspecified atom stereocenters. The van der Waals surface area contributed by atoms with Crippen molar-refractivity contribution in [3.63, 3.8) is 0 Å². The van der Waals surface area contributed by atoms with Crippen LogP contribution in [0.4, 0.5) is 0 Å². The number of aliphatic hydroxyl groups is 1. The van der Waals surface area contributed by atoms with E-state index in [0.717, 1.165) is 12.2 Å². The van der Waals surface area contributed by atoms with Crippen molar-refractivity contribution in [2.45, 2.75) is 12.5 Å². The minimum Gasteiger partial charge on any atom is -0.492 e. The smallest absolute Gasteiger partial charge is 0.115 e. The Kier molecular flexibility index (Phi) is 3.14. The standard InChI is InChI=1S/C8H13NO2/c9-7-1-3-8(4-2-7)11-6-5-10/h1,3-4,7,10H,2,5-6,9H2. The molecule has 0 aromatic rings. The molecular formula is C8H13NO2. The second-order valence-electron chi connectivity index (χ2n) is 2.44. The Hall–Kier alpha value is -0.800. The molecule has 0 spiro atoms. The van der Waals surface area contributed by atoms with Crippen molar-refractivity contribution in [1.29, 1.82) is 0 Å². The van der Waals surface area contributed by atoms with Crippen molar-refractivity contribution < 1.29 is 9.84 Å². The molecule has 0 aromatic heterocycles. The third-order valence-corrected chi connectivity index (χ3v) is 1.46. The summed E-state index contributed by atoms with van der Waals surface area (Å²) in [6, 6.07) is 0.122. The molecule has 1 aliphatic rings. The van der Waals surface area contributed by atoms with Crippen molar-refractivity contribution in [2.75, 3.05) is 13.2 Å². The van der Waals surface area contributed by atoms with E-state index >= 15 is 0 Å². The first-order chi connectivity index (χ1) is 5.33. The van der Waals surface area contributed by atoms with Crippen LogP contribution in [-0.4, -0.2) is 24.4 Å². The largest absolute Gasteiger partial charge is 0.492 e. The van der Waals surface area contributed by atoms with E-state index < -0.39 is 0 Å². The Labute approximate surface area is 66.2 Å². The molecular weight excluding hydrogens is 142 g/mol. The Balaban J connectivity index is 2.31. The molecule has 0 bridgehead atoms. The van der Waals surface area contributed by atoms with Crippen molar-refractivity contribution in [3.8, 4) is 0 Å². The maximum absolute atomic E-state index is 8.45. The van der Waals surface area contributed by atoms with Gasteiger partial charge in [0.2, 0.25) is 0 Å². The minimum absolute atomic E-state index is 0.0528. The fourth-order valence-electron chi connectivity index (χ4n) is 0.888. The fraction of sp³-hybridized carbons (Fsp3) is 0.500. The molecule has 1 rings (SSSR count). The molecule has 3 nitrogen and oxygen atoms in total. The van der Waals surface area contributed by atoms with Crippen LogP contribution in [0.25, 0.3) is 0 Å². The van der Waals surface area contributed by atoms with Gasteiger partial charge in [-0.3, -0.25) is 0 Å². The molecule has 3 N–H and O–H groups in total. The van der Waals surface area contributed by atoms with Crippen molar-refractivity contribution in [1.82, 2.24) is 0 Å². The highest BCUT2D eigenvalue weighted by atomic mass is 16.5. The van der Waals surface area contributed by atoms with E-state index in [-0.39, 0.29) is 12.6 Å². The normalized spacial score (nSPS) is 23.1. The monoisotopic (exact) mass is 155 g/mol. The van der Waals surface area contributed by atoms with Crippen LogP contribution in [0.15, 0.2) is 24.0 Å². The van der Waals surface area contributed by atoms with Gasteiger partial charge >= 0.3 is 0 Å². The number of hydrogen-bond acceptors (Lipinski definition) is 3. The predicted molar refractivity (Wildman–Crippen MR) is 42.9 cm³/mol. The van der Waals surface area contributed by atoms with E-state index in [1.54, 1.807) is 0 Å². The molecule has 0 aromatic carbocycles. The van der Waals surface area contributed by atoms with Gasteiger partial charge in [0.25, 0.3) is 0 Å². The first-order valence-corrected chi connectivity index (χ1v) is 3.70. The number of ether oxygens (including phenoxy) is 1. The molecule has 0 radical (unpaired) electrons. The van der Waals surface area contributed by atoms with Crippen LogP contribution >= 0.6 is 0 Å². The van der Waals surface area contributed by atoms with Crippen LogP contribution in [0.3, 0.4) is 0 Å². The molecule has 0 saturated carbocycles. The third kappa shape index (κ3) is 2.74. The quantitative estimate of drug-likeness (QED) is 0.610. The van der Waals surface area contributed by atoms with Crippen LogP contribution in [-0.2, 0) is 4.74 Å². The van der Waals surface area contributed by atoms with Crippen molar-refractivity contribution in [2.24, 2.45) is 5.73 Å². The van der Waals surface area contributed by atoms with E-state index in [2.05, 4.69) is 0 Å². The van der Waals surface area contributed by atoms with Gasteiger partial charge in [-0.05, 0) is 18.6 Å². The molecule has 62 valence electrons. The SMILES string of the molecule is NC1C=CC(OCCO)=CC1. The lowest BCUT2D eigenvalue weighted by atomic mass is 10.1. The van der Waals surface area contributed by atoms with Gasteiger partial charge in [0, 0.05) is 6.04 Å². The average Bonchev–Trinajstić information content (AvgIpc) is 2.04. The fourth-order valence-corrected chi connectivity index (χ4v) is 0.888. The number of hydrogen-bond donors (Lipinski definition) is 2. The van der Waals surface area contributed by atoms with Gasteiger partial charge in [-0.15, -0.1) is 0 Å². The van der Waals surface area contributed by atoms with Crippen LogP contribution in [0.5, 0.6) is 0 Å². The van der Waals surface area contributed by atoms with E-state index in [9.17, 15) is 0 Å². The summed E-state index contributed by atoms with van der Waals surface area (Å²) in [5.41, 5.74) is 5.59. The van der Waals surface area contributed by atoms with Crippen LogP contribution in [0.1, 0.15) is 6.42 Å². The Morgan fingerprint density at radius 1 is 1.73 bits per heavy atom. The van der Waals surface area contributed by atoms with E-state index in [1.807, 2.05) is 18.2 Å². The van der Waals surface area contributed by atoms with Crippen molar-refractivity contribution >= 4 is 0 Å².